The van der Waals surface area contributed by atoms with Gasteiger partial charge in [0.1, 0.15) is 12.4 Å². The summed E-state index contributed by atoms with van der Waals surface area (Å²) < 4.78 is 1.88. The predicted molar refractivity (Wildman–Crippen MR) is 97.6 cm³/mol. The quantitative estimate of drug-likeness (QED) is 0.796. The molecule has 3 rings (SSSR count). The monoisotopic (exact) mass is 336 g/mol. The molecule has 6 heteroatoms. The topological polar surface area (TPSA) is 67.2 Å². The molecule has 0 aliphatic heterocycles. The zero-order chi connectivity index (χ0) is 18.0. The number of benzene rings is 2. The van der Waals surface area contributed by atoms with Crippen LogP contribution in [-0.2, 0) is 11.3 Å². The van der Waals surface area contributed by atoms with Crippen molar-refractivity contribution in [1.82, 2.24) is 14.5 Å². The molecular weight excluding hydrogens is 316 g/mol. The summed E-state index contributed by atoms with van der Waals surface area (Å²) in [4.78, 5) is 30.2. The molecule has 0 unspecified atom stereocenters. The Morgan fingerprint density at radius 3 is 2.44 bits per heavy atom. The molecule has 128 valence electrons. The van der Waals surface area contributed by atoms with Crippen molar-refractivity contribution in [3.05, 3.63) is 59.9 Å². The maximum atomic E-state index is 12.4. The van der Waals surface area contributed by atoms with Crippen molar-refractivity contribution in [1.29, 1.82) is 0 Å². The lowest BCUT2D eigenvalue weighted by atomic mass is 10.2. The second kappa shape index (κ2) is 6.76. The molecule has 6 nitrogen and oxygen atoms in total. The molecule has 1 aromatic heterocycles. The van der Waals surface area contributed by atoms with Gasteiger partial charge in [-0.1, -0.05) is 12.1 Å². The van der Waals surface area contributed by atoms with Crippen molar-refractivity contribution in [2.75, 3.05) is 19.4 Å². The van der Waals surface area contributed by atoms with E-state index in [9.17, 15) is 9.59 Å². The summed E-state index contributed by atoms with van der Waals surface area (Å²) in [6.45, 7) is 2.07. The largest absolute Gasteiger partial charge is 0.345 e. The van der Waals surface area contributed by atoms with Crippen molar-refractivity contribution in [2.45, 2.75) is 13.5 Å². The number of hydrogen-bond donors (Lipinski definition) is 1. The van der Waals surface area contributed by atoms with E-state index in [0.717, 1.165) is 16.9 Å². The Labute approximate surface area is 146 Å². The molecule has 0 saturated heterocycles. The minimum absolute atomic E-state index is 0.0709. The number of aryl methyl sites for hydroxylation is 1. The van der Waals surface area contributed by atoms with Gasteiger partial charge in [-0.2, -0.15) is 0 Å². The summed E-state index contributed by atoms with van der Waals surface area (Å²) in [5.41, 5.74) is 3.04. The lowest BCUT2D eigenvalue weighted by Crippen LogP contribution is -2.22. The number of para-hydroxylation sites is 2. The number of hydrogen-bond acceptors (Lipinski definition) is 3. The predicted octanol–water partition coefficient (Wildman–Crippen LogP) is 2.69. The van der Waals surface area contributed by atoms with Gasteiger partial charge >= 0.3 is 0 Å². The highest BCUT2D eigenvalue weighted by Crippen LogP contribution is 2.16. The third-order valence-electron chi connectivity index (χ3n) is 3.97. The number of carbonyl (C=O) groups is 2. The van der Waals surface area contributed by atoms with E-state index in [1.165, 1.54) is 4.90 Å². The van der Waals surface area contributed by atoms with Gasteiger partial charge in [-0.3, -0.25) is 9.59 Å². The van der Waals surface area contributed by atoms with Crippen molar-refractivity contribution < 1.29 is 9.59 Å². The molecule has 1 heterocycles. The first-order valence-corrected chi connectivity index (χ1v) is 7.99. The highest BCUT2D eigenvalue weighted by atomic mass is 16.2. The molecule has 0 aliphatic rings. The molecule has 0 saturated carbocycles. The first kappa shape index (κ1) is 16.7. The fourth-order valence-corrected chi connectivity index (χ4v) is 2.69. The third kappa shape index (κ3) is 3.52. The second-order valence-corrected chi connectivity index (χ2v) is 6.06. The average molecular weight is 336 g/mol. The molecule has 25 heavy (non-hydrogen) atoms. The summed E-state index contributed by atoms with van der Waals surface area (Å²) in [5, 5.41) is 2.86. The molecule has 0 fully saturated rings. The number of amides is 2. The van der Waals surface area contributed by atoms with Crippen LogP contribution in [0.25, 0.3) is 11.0 Å². The molecule has 0 atom stereocenters. The van der Waals surface area contributed by atoms with E-state index in [0.29, 0.717) is 11.3 Å². The Morgan fingerprint density at radius 2 is 1.76 bits per heavy atom. The van der Waals surface area contributed by atoms with E-state index in [1.54, 1.807) is 38.4 Å². The van der Waals surface area contributed by atoms with Crippen LogP contribution < -0.4 is 5.32 Å². The fourth-order valence-electron chi connectivity index (χ4n) is 2.69. The van der Waals surface area contributed by atoms with Crippen LogP contribution in [0, 0.1) is 6.92 Å². The number of fused-ring (bicyclic) bond motifs is 1. The minimum atomic E-state index is -0.141. The van der Waals surface area contributed by atoms with E-state index >= 15 is 0 Å². The smallest absolute Gasteiger partial charge is 0.253 e. The van der Waals surface area contributed by atoms with Crippen molar-refractivity contribution in [3.63, 3.8) is 0 Å². The van der Waals surface area contributed by atoms with Crippen molar-refractivity contribution in [2.24, 2.45) is 0 Å². The lowest BCUT2D eigenvalue weighted by Gasteiger charge is -2.11. The van der Waals surface area contributed by atoms with Gasteiger partial charge in [0, 0.05) is 25.3 Å². The van der Waals surface area contributed by atoms with Crippen molar-refractivity contribution in [3.8, 4) is 0 Å². The molecule has 0 radical (unpaired) electrons. The number of aromatic nitrogens is 2. The van der Waals surface area contributed by atoms with Crippen LogP contribution in [0.15, 0.2) is 48.5 Å². The number of anilines is 1. The van der Waals surface area contributed by atoms with Crippen molar-refractivity contribution >= 4 is 28.5 Å². The van der Waals surface area contributed by atoms with E-state index < -0.39 is 0 Å². The van der Waals surface area contributed by atoms with Gasteiger partial charge < -0.3 is 14.8 Å². The van der Waals surface area contributed by atoms with Gasteiger partial charge in [0.05, 0.1) is 11.0 Å². The number of rotatable bonds is 4. The number of nitrogens with one attached hydrogen (secondary N) is 1. The first-order valence-electron chi connectivity index (χ1n) is 7.99. The zero-order valence-electron chi connectivity index (χ0n) is 14.5. The molecule has 0 aliphatic carbocycles. The molecular formula is C19H20N4O2. The third-order valence-corrected chi connectivity index (χ3v) is 3.97. The molecule has 1 N–H and O–H groups in total. The van der Waals surface area contributed by atoms with Gasteiger partial charge in [-0.05, 0) is 43.3 Å². The number of imidazole rings is 1. The standard InChI is InChI=1S/C19H20N4O2/c1-13-20-16-6-4-5-7-17(16)23(13)12-18(24)21-15-10-8-14(9-11-15)19(25)22(2)3/h4-11H,12H2,1-3H3,(H,21,24). The molecule has 2 aromatic carbocycles. The Bertz CT molecular complexity index is 926. The van der Waals surface area contributed by atoms with Crippen LogP contribution in [0.4, 0.5) is 5.69 Å². The first-order chi connectivity index (χ1) is 12.0. The Kier molecular flexibility index (Phi) is 4.52. The van der Waals surface area contributed by atoms with E-state index in [2.05, 4.69) is 10.3 Å². The van der Waals surface area contributed by atoms with Crippen LogP contribution in [0.3, 0.4) is 0 Å². The van der Waals surface area contributed by atoms with Crippen LogP contribution >= 0.6 is 0 Å². The highest BCUT2D eigenvalue weighted by molar-refractivity contribution is 5.95. The summed E-state index contributed by atoms with van der Waals surface area (Å²) in [5.74, 6) is 0.583. The Morgan fingerprint density at radius 1 is 1.08 bits per heavy atom. The average Bonchev–Trinajstić information content (AvgIpc) is 2.90. The van der Waals surface area contributed by atoms with Gasteiger partial charge in [0.25, 0.3) is 5.91 Å². The summed E-state index contributed by atoms with van der Waals surface area (Å²) in [7, 11) is 3.41. The van der Waals surface area contributed by atoms with Crippen LogP contribution in [0.1, 0.15) is 16.2 Å². The second-order valence-electron chi connectivity index (χ2n) is 6.06. The minimum Gasteiger partial charge on any atom is -0.345 e. The maximum Gasteiger partial charge on any atom is 0.253 e. The lowest BCUT2D eigenvalue weighted by molar-refractivity contribution is -0.116. The Balaban J connectivity index is 1.72. The fraction of sp³-hybridized carbons (Fsp3) is 0.211. The van der Waals surface area contributed by atoms with Gasteiger partial charge in [-0.25, -0.2) is 4.98 Å². The molecule has 3 aromatic rings. The van der Waals surface area contributed by atoms with E-state index in [-0.39, 0.29) is 18.4 Å². The highest BCUT2D eigenvalue weighted by Gasteiger charge is 2.12. The van der Waals surface area contributed by atoms with E-state index in [4.69, 9.17) is 0 Å². The SMILES string of the molecule is Cc1nc2ccccc2n1CC(=O)Nc1ccc(C(=O)N(C)C)cc1. The molecule has 2 amide bonds. The number of carbonyl (C=O) groups excluding carboxylic acids is 2. The van der Waals surface area contributed by atoms with Gasteiger partial charge in [0.15, 0.2) is 0 Å². The Hall–Kier alpha value is -3.15. The van der Waals surface area contributed by atoms with Crippen LogP contribution in [-0.4, -0.2) is 40.4 Å². The summed E-state index contributed by atoms with van der Waals surface area (Å²) in [6, 6.07) is 14.6. The zero-order valence-corrected chi connectivity index (χ0v) is 14.5. The summed E-state index contributed by atoms with van der Waals surface area (Å²) in [6.07, 6.45) is 0. The maximum absolute atomic E-state index is 12.4. The van der Waals surface area contributed by atoms with Gasteiger partial charge in [-0.15, -0.1) is 0 Å². The van der Waals surface area contributed by atoms with Crippen LogP contribution in [0.5, 0.6) is 0 Å². The molecule has 0 bridgehead atoms. The van der Waals surface area contributed by atoms with Crippen LogP contribution in [0.2, 0.25) is 0 Å². The number of nitrogens with zero attached hydrogens (tertiary/aromatic N) is 3. The summed E-state index contributed by atoms with van der Waals surface area (Å²) >= 11 is 0. The van der Waals surface area contributed by atoms with Gasteiger partial charge in [0.2, 0.25) is 5.91 Å². The molecule has 0 spiro atoms. The normalized spacial score (nSPS) is 10.7. The van der Waals surface area contributed by atoms with E-state index in [1.807, 2.05) is 35.8 Å².